The molecule has 9 aromatic carbocycles. The van der Waals surface area contributed by atoms with Gasteiger partial charge >= 0.3 is 0 Å². The second kappa shape index (κ2) is 13.7. The Bertz CT molecular complexity index is 3700. The second-order valence-corrected chi connectivity index (χ2v) is 18.5. The highest BCUT2D eigenvalue weighted by molar-refractivity contribution is 7.92. The van der Waals surface area contributed by atoms with Gasteiger partial charge in [-0.1, -0.05) is 194 Å². The number of rotatable bonds is 4. The molecule has 0 bridgehead atoms. The number of nitrogens with zero attached hydrogens (tertiary/aromatic N) is 3. The Morgan fingerprint density at radius 1 is 0.312 bits per heavy atom. The van der Waals surface area contributed by atoms with E-state index in [4.69, 9.17) is 15.0 Å². The number of hydrogen-bond acceptors (Lipinski definition) is 5. The van der Waals surface area contributed by atoms with Gasteiger partial charge in [-0.05, 0) is 79.4 Å². The molecule has 2 heterocycles. The fourth-order valence-electron chi connectivity index (χ4n) is 10.6. The lowest BCUT2D eigenvalue weighted by molar-refractivity contribution is 0.599. The molecule has 1 atom stereocenters. The molecule has 10 aromatic rings. The summed E-state index contributed by atoms with van der Waals surface area (Å²) in [6, 6.07) is 72.5. The topological polar surface area (TPSA) is 72.8 Å². The van der Waals surface area contributed by atoms with Gasteiger partial charge in [0, 0.05) is 33.4 Å². The van der Waals surface area contributed by atoms with Crippen molar-refractivity contribution < 1.29 is 8.42 Å². The number of aromatic nitrogens is 3. The zero-order chi connectivity index (χ0) is 42.6. The van der Waals surface area contributed by atoms with Gasteiger partial charge in [0.05, 0.1) is 15.2 Å². The van der Waals surface area contributed by atoms with Crippen LogP contribution < -0.4 is 0 Å². The molecule has 1 spiro atoms. The summed E-state index contributed by atoms with van der Waals surface area (Å²) in [5.41, 5.74) is 15.4. The highest BCUT2D eigenvalue weighted by Gasteiger charge is 2.52. The fraction of sp³-hybridized carbons (Fsp3) is 0.0172. The van der Waals surface area contributed by atoms with E-state index in [-0.39, 0.29) is 0 Å². The maximum atomic E-state index is 14.9. The molecule has 1 aliphatic heterocycles. The quantitative estimate of drug-likeness (QED) is 0.177. The van der Waals surface area contributed by atoms with Crippen LogP contribution in [-0.4, -0.2) is 23.4 Å². The molecule has 0 saturated heterocycles. The molecular formula is C58H35N3O2S. The van der Waals surface area contributed by atoms with E-state index in [9.17, 15) is 8.42 Å². The van der Waals surface area contributed by atoms with Gasteiger partial charge in [0.1, 0.15) is 0 Å². The lowest BCUT2D eigenvalue weighted by Crippen LogP contribution is -2.29. The molecule has 300 valence electrons. The second-order valence-electron chi connectivity index (χ2n) is 16.6. The van der Waals surface area contributed by atoms with Crippen molar-refractivity contribution >= 4 is 9.84 Å². The summed E-state index contributed by atoms with van der Waals surface area (Å²) in [6.07, 6.45) is 0. The van der Waals surface area contributed by atoms with Crippen LogP contribution in [0.1, 0.15) is 22.3 Å². The highest BCUT2D eigenvalue weighted by atomic mass is 32.2. The monoisotopic (exact) mass is 837 g/mol. The Kier molecular flexibility index (Phi) is 7.84. The molecule has 0 saturated carbocycles. The van der Waals surface area contributed by atoms with Crippen molar-refractivity contribution in [3.63, 3.8) is 0 Å². The number of fused-ring (bicyclic) bond motifs is 16. The van der Waals surface area contributed by atoms with E-state index in [1.54, 1.807) is 6.07 Å². The van der Waals surface area contributed by atoms with Crippen LogP contribution in [0.5, 0.6) is 0 Å². The molecule has 0 fully saturated rings. The molecule has 0 amide bonds. The predicted molar refractivity (Wildman–Crippen MR) is 254 cm³/mol. The van der Waals surface area contributed by atoms with Gasteiger partial charge in [0.25, 0.3) is 0 Å². The molecule has 1 aromatic heterocycles. The molecule has 3 aliphatic rings. The summed E-state index contributed by atoms with van der Waals surface area (Å²) in [5.74, 6) is 1.68. The third kappa shape index (κ3) is 5.11. The van der Waals surface area contributed by atoms with Gasteiger partial charge in [-0.15, -0.1) is 0 Å². The van der Waals surface area contributed by atoms with Crippen LogP contribution in [0.2, 0.25) is 0 Å². The summed E-state index contributed by atoms with van der Waals surface area (Å²) in [5, 5.41) is 0. The third-order valence-electron chi connectivity index (χ3n) is 13.3. The first kappa shape index (κ1) is 36.6. The van der Waals surface area contributed by atoms with Gasteiger partial charge in [-0.25, -0.2) is 23.4 Å². The Morgan fingerprint density at radius 2 is 0.797 bits per heavy atom. The zero-order valence-electron chi connectivity index (χ0n) is 34.3. The normalized spacial score (nSPS) is 15.5. The van der Waals surface area contributed by atoms with Crippen molar-refractivity contribution in [1.82, 2.24) is 15.0 Å². The minimum atomic E-state index is -3.87. The minimum absolute atomic E-state index is 0.349. The lowest BCUT2D eigenvalue weighted by atomic mass is 9.65. The van der Waals surface area contributed by atoms with E-state index in [1.165, 1.54) is 0 Å². The Morgan fingerprint density at radius 3 is 1.50 bits per heavy atom. The largest absolute Gasteiger partial charge is 0.218 e. The summed E-state index contributed by atoms with van der Waals surface area (Å²) in [6.45, 7) is 0. The van der Waals surface area contributed by atoms with Crippen molar-refractivity contribution in [2.75, 3.05) is 0 Å². The van der Waals surface area contributed by atoms with Crippen LogP contribution in [0.3, 0.4) is 0 Å². The first-order chi connectivity index (χ1) is 31.5. The molecule has 1 unspecified atom stereocenters. The van der Waals surface area contributed by atoms with Crippen LogP contribution in [0.25, 0.3) is 89.8 Å². The van der Waals surface area contributed by atoms with Gasteiger partial charge in [-0.2, -0.15) is 0 Å². The summed E-state index contributed by atoms with van der Waals surface area (Å²) >= 11 is 0. The SMILES string of the molecule is O=S1(=O)c2ccccc2-c2ccc3c(c21)-c1ccccc1C31c2ccccc2-c2ccccc2-c2ccc(-c3nc(-c4ccccc4)nc(-c4cccc(-c5ccccc5)c4)n3)cc21. The number of benzene rings is 9. The fourth-order valence-corrected chi connectivity index (χ4v) is 12.5. The van der Waals surface area contributed by atoms with Crippen molar-refractivity contribution in [2.24, 2.45) is 0 Å². The maximum absolute atomic E-state index is 14.9. The minimum Gasteiger partial charge on any atom is -0.218 e. The van der Waals surface area contributed by atoms with Crippen LogP contribution in [-0.2, 0) is 15.3 Å². The molecule has 5 nitrogen and oxygen atoms in total. The summed E-state index contributed by atoms with van der Waals surface area (Å²) < 4.78 is 29.7. The van der Waals surface area contributed by atoms with E-state index in [0.29, 0.717) is 27.3 Å². The molecule has 6 heteroatoms. The maximum Gasteiger partial charge on any atom is 0.208 e. The highest BCUT2D eigenvalue weighted by Crippen LogP contribution is 2.64. The summed E-state index contributed by atoms with van der Waals surface area (Å²) in [7, 11) is -3.87. The van der Waals surface area contributed by atoms with E-state index in [2.05, 4.69) is 127 Å². The molecule has 2 aliphatic carbocycles. The van der Waals surface area contributed by atoms with Gasteiger partial charge in [0.15, 0.2) is 17.5 Å². The van der Waals surface area contributed by atoms with E-state index in [0.717, 1.165) is 94.6 Å². The predicted octanol–water partition coefficient (Wildman–Crippen LogP) is 13.4. The first-order valence-corrected chi connectivity index (χ1v) is 22.9. The Labute approximate surface area is 371 Å². The smallest absolute Gasteiger partial charge is 0.208 e. The average molecular weight is 838 g/mol. The van der Waals surface area contributed by atoms with Crippen LogP contribution >= 0.6 is 0 Å². The molecular weight excluding hydrogens is 803 g/mol. The average Bonchev–Trinajstić information content (AvgIpc) is 3.75. The standard InChI is InChI=1S/C58H35N3O2S/c62-64(63)52-29-14-11-25-45(52)46-32-33-50-53(54(46)64)47-26-10-13-28-49(47)58(50)48-27-12-9-24-43(48)41-22-7-8-23-42(41)44-31-30-40(35-51(44)58)57-60-55(37-18-5-2-6-19-37)59-56(61-57)39-21-15-20-38(34-39)36-16-3-1-4-17-36/h1-35H. The molecule has 0 radical (unpaired) electrons. The Hall–Kier alpha value is -8.06. The lowest BCUT2D eigenvalue weighted by Gasteiger charge is -2.35. The van der Waals surface area contributed by atoms with Crippen molar-refractivity contribution in [2.45, 2.75) is 15.2 Å². The first-order valence-electron chi connectivity index (χ1n) is 21.4. The molecule has 13 rings (SSSR count). The number of sulfone groups is 1. The van der Waals surface area contributed by atoms with Crippen LogP contribution in [0.15, 0.2) is 222 Å². The van der Waals surface area contributed by atoms with E-state index >= 15 is 0 Å². The Balaban J connectivity index is 1.12. The number of hydrogen-bond donors (Lipinski definition) is 0. The van der Waals surface area contributed by atoms with Crippen molar-refractivity contribution in [3.05, 3.63) is 235 Å². The van der Waals surface area contributed by atoms with E-state index in [1.807, 2.05) is 78.9 Å². The third-order valence-corrected chi connectivity index (χ3v) is 15.2. The van der Waals surface area contributed by atoms with Crippen molar-refractivity contribution in [1.29, 1.82) is 0 Å². The summed E-state index contributed by atoms with van der Waals surface area (Å²) in [4.78, 5) is 16.4. The zero-order valence-corrected chi connectivity index (χ0v) is 35.1. The van der Waals surface area contributed by atoms with Crippen molar-refractivity contribution in [3.8, 4) is 89.8 Å². The van der Waals surface area contributed by atoms with Gasteiger partial charge in [-0.3, -0.25) is 0 Å². The van der Waals surface area contributed by atoms with Gasteiger partial charge < -0.3 is 0 Å². The van der Waals surface area contributed by atoms with Crippen LogP contribution in [0.4, 0.5) is 0 Å². The molecule has 0 N–H and O–H groups in total. The molecule has 64 heavy (non-hydrogen) atoms. The van der Waals surface area contributed by atoms with Crippen LogP contribution in [0, 0.1) is 0 Å². The van der Waals surface area contributed by atoms with Gasteiger partial charge in [0.2, 0.25) is 9.84 Å². The van der Waals surface area contributed by atoms with E-state index < -0.39 is 15.3 Å².